The minimum Gasteiger partial charge on any atom is -0.464 e. The summed E-state index contributed by atoms with van der Waals surface area (Å²) in [6.07, 6.45) is 6.57. The van der Waals surface area contributed by atoms with Gasteiger partial charge in [0.15, 0.2) is 0 Å². The van der Waals surface area contributed by atoms with E-state index in [1.807, 2.05) is 13.0 Å². The van der Waals surface area contributed by atoms with Crippen molar-refractivity contribution in [1.29, 1.82) is 0 Å². The average Bonchev–Trinajstić information content (AvgIpc) is 3.07. The van der Waals surface area contributed by atoms with E-state index in [9.17, 15) is 9.59 Å². The Balaban J connectivity index is 2.12. The Morgan fingerprint density at radius 3 is 2.54 bits per heavy atom. The number of aromatic nitrogens is 2. The molecule has 1 aromatic rings. The molecule has 26 heavy (non-hydrogen) atoms. The summed E-state index contributed by atoms with van der Waals surface area (Å²) in [7, 11) is 0. The van der Waals surface area contributed by atoms with Crippen LogP contribution in [0.4, 0.5) is 0 Å². The summed E-state index contributed by atoms with van der Waals surface area (Å²) < 4.78 is 6.91. The van der Waals surface area contributed by atoms with Crippen molar-refractivity contribution in [1.82, 2.24) is 15.1 Å². The molecule has 1 amide bonds. The molecule has 6 heteroatoms. The number of hydrogen-bond donors (Lipinski definition) is 1. The zero-order valence-corrected chi connectivity index (χ0v) is 16.6. The van der Waals surface area contributed by atoms with Gasteiger partial charge >= 0.3 is 5.97 Å². The van der Waals surface area contributed by atoms with Crippen LogP contribution in [0.3, 0.4) is 0 Å². The smallest absolute Gasteiger partial charge is 0.328 e. The third-order valence-corrected chi connectivity index (χ3v) is 5.09. The van der Waals surface area contributed by atoms with Crippen LogP contribution in [0.15, 0.2) is 6.07 Å². The fraction of sp³-hybridized carbons (Fsp3) is 0.750. The SMILES string of the molecule is CCOC(=O)[C@@H](CC1CCCCC1)NC(=O)c1cc(C(C)C)nn1CC. The summed E-state index contributed by atoms with van der Waals surface area (Å²) in [6.45, 7) is 8.78. The van der Waals surface area contributed by atoms with Crippen molar-refractivity contribution in [3.63, 3.8) is 0 Å². The molecule has 0 spiro atoms. The summed E-state index contributed by atoms with van der Waals surface area (Å²) in [5.41, 5.74) is 1.39. The standard InChI is InChI=1S/C20H33N3O3/c1-5-23-18(13-16(22-23)14(3)4)19(24)21-17(20(25)26-6-2)12-15-10-8-7-9-11-15/h13-15,17H,5-12H2,1-4H3,(H,21,24)/t17-/m1/s1. The van der Waals surface area contributed by atoms with Crippen LogP contribution in [0.1, 0.15) is 88.3 Å². The van der Waals surface area contributed by atoms with Crippen molar-refractivity contribution < 1.29 is 14.3 Å². The lowest BCUT2D eigenvalue weighted by Crippen LogP contribution is -2.44. The van der Waals surface area contributed by atoms with Crippen molar-refractivity contribution >= 4 is 11.9 Å². The zero-order valence-electron chi connectivity index (χ0n) is 16.6. The number of hydrogen-bond acceptors (Lipinski definition) is 4. The highest BCUT2D eigenvalue weighted by molar-refractivity contribution is 5.95. The molecule has 1 heterocycles. The molecule has 146 valence electrons. The van der Waals surface area contributed by atoms with E-state index in [1.165, 1.54) is 19.3 Å². The Hall–Kier alpha value is -1.85. The van der Waals surface area contributed by atoms with Crippen LogP contribution in [0.2, 0.25) is 0 Å². The van der Waals surface area contributed by atoms with Crippen molar-refractivity contribution in [3.8, 4) is 0 Å². The average molecular weight is 364 g/mol. The predicted molar refractivity (Wildman–Crippen MR) is 101 cm³/mol. The normalized spacial score (nSPS) is 16.5. The maximum absolute atomic E-state index is 12.8. The minimum atomic E-state index is -0.590. The molecule has 0 radical (unpaired) electrons. The second-order valence-corrected chi connectivity index (χ2v) is 7.44. The minimum absolute atomic E-state index is 0.248. The van der Waals surface area contributed by atoms with E-state index in [0.717, 1.165) is 18.5 Å². The van der Waals surface area contributed by atoms with Crippen LogP contribution < -0.4 is 5.32 Å². The molecule has 1 aromatic heterocycles. The Morgan fingerprint density at radius 2 is 1.96 bits per heavy atom. The molecule has 1 aliphatic rings. The summed E-state index contributed by atoms with van der Waals surface area (Å²) in [5.74, 6) is 0.136. The molecular weight excluding hydrogens is 330 g/mol. The van der Waals surface area contributed by atoms with E-state index in [4.69, 9.17) is 4.74 Å². The van der Waals surface area contributed by atoms with Gasteiger partial charge in [-0.15, -0.1) is 0 Å². The molecule has 0 saturated heterocycles. The number of carbonyl (C=O) groups excluding carboxylic acids is 2. The van der Waals surface area contributed by atoms with E-state index in [0.29, 0.717) is 31.2 Å². The maximum atomic E-state index is 12.8. The second-order valence-electron chi connectivity index (χ2n) is 7.44. The first-order valence-corrected chi connectivity index (χ1v) is 10.0. The van der Waals surface area contributed by atoms with Gasteiger partial charge in [-0.05, 0) is 38.2 Å². The molecule has 6 nitrogen and oxygen atoms in total. The number of esters is 1. The van der Waals surface area contributed by atoms with E-state index in [-0.39, 0.29) is 17.8 Å². The third kappa shape index (κ3) is 5.32. The van der Waals surface area contributed by atoms with Crippen LogP contribution >= 0.6 is 0 Å². The Kier molecular flexibility index (Phi) is 7.66. The molecule has 0 aromatic carbocycles. The second kappa shape index (κ2) is 9.74. The first-order chi connectivity index (χ1) is 12.5. The maximum Gasteiger partial charge on any atom is 0.328 e. The van der Waals surface area contributed by atoms with Crippen LogP contribution in [0.5, 0.6) is 0 Å². The van der Waals surface area contributed by atoms with Gasteiger partial charge in [0.25, 0.3) is 5.91 Å². The van der Waals surface area contributed by atoms with Gasteiger partial charge in [-0.1, -0.05) is 46.0 Å². The topological polar surface area (TPSA) is 73.2 Å². The molecule has 1 saturated carbocycles. The summed E-state index contributed by atoms with van der Waals surface area (Å²) in [5, 5.41) is 7.41. The molecule has 1 atom stereocenters. The van der Waals surface area contributed by atoms with E-state index >= 15 is 0 Å². The van der Waals surface area contributed by atoms with Crippen molar-refractivity contribution in [3.05, 3.63) is 17.5 Å². The van der Waals surface area contributed by atoms with Crippen LogP contribution in [0, 0.1) is 5.92 Å². The molecule has 0 bridgehead atoms. The van der Waals surface area contributed by atoms with Gasteiger partial charge < -0.3 is 10.1 Å². The number of amides is 1. The van der Waals surface area contributed by atoms with Crippen LogP contribution in [0.25, 0.3) is 0 Å². The Labute approximate surface area is 156 Å². The van der Waals surface area contributed by atoms with E-state index in [2.05, 4.69) is 24.3 Å². The van der Waals surface area contributed by atoms with E-state index in [1.54, 1.807) is 11.6 Å². The lowest BCUT2D eigenvalue weighted by molar-refractivity contribution is -0.146. The summed E-state index contributed by atoms with van der Waals surface area (Å²) in [6, 6.07) is 1.24. The van der Waals surface area contributed by atoms with E-state index < -0.39 is 6.04 Å². The fourth-order valence-corrected chi connectivity index (χ4v) is 3.59. The largest absolute Gasteiger partial charge is 0.464 e. The van der Waals surface area contributed by atoms with Gasteiger partial charge in [0.2, 0.25) is 0 Å². The van der Waals surface area contributed by atoms with Crippen molar-refractivity contribution in [2.45, 2.75) is 84.7 Å². The van der Waals surface area contributed by atoms with Gasteiger partial charge in [0, 0.05) is 6.54 Å². The lowest BCUT2D eigenvalue weighted by atomic mass is 9.85. The van der Waals surface area contributed by atoms with Gasteiger partial charge in [-0.3, -0.25) is 9.48 Å². The van der Waals surface area contributed by atoms with Crippen LogP contribution in [-0.2, 0) is 16.1 Å². The first-order valence-electron chi connectivity index (χ1n) is 10.0. The molecule has 0 unspecified atom stereocenters. The van der Waals surface area contributed by atoms with Gasteiger partial charge in [0.05, 0.1) is 12.3 Å². The quantitative estimate of drug-likeness (QED) is 0.715. The molecular formula is C20H33N3O3. The molecule has 1 aliphatic carbocycles. The number of carbonyl (C=O) groups is 2. The summed E-state index contributed by atoms with van der Waals surface area (Å²) in [4.78, 5) is 25.2. The van der Waals surface area contributed by atoms with Crippen molar-refractivity contribution in [2.24, 2.45) is 5.92 Å². The molecule has 0 aliphatic heterocycles. The Bertz CT molecular complexity index is 603. The summed E-state index contributed by atoms with van der Waals surface area (Å²) >= 11 is 0. The van der Waals surface area contributed by atoms with Crippen LogP contribution in [-0.4, -0.2) is 34.3 Å². The highest BCUT2D eigenvalue weighted by atomic mass is 16.5. The highest BCUT2D eigenvalue weighted by Crippen LogP contribution is 2.27. The lowest BCUT2D eigenvalue weighted by Gasteiger charge is -2.26. The third-order valence-electron chi connectivity index (χ3n) is 5.09. The van der Waals surface area contributed by atoms with Gasteiger partial charge in [-0.2, -0.15) is 5.10 Å². The number of nitrogens with one attached hydrogen (secondary N) is 1. The number of rotatable bonds is 8. The number of aryl methyl sites for hydroxylation is 1. The predicted octanol–water partition coefficient (Wildman–Crippen LogP) is 3.66. The number of ether oxygens (including phenoxy) is 1. The first kappa shape index (κ1) is 20.5. The molecule has 1 fully saturated rings. The van der Waals surface area contributed by atoms with Gasteiger partial charge in [0.1, 0.15) is 11.7 Å². The molecule has 2 rings (SSSR count). The highest BCUT2D eigenvalue weighted by Gasteiger charge is 2.28. The zero-order chi connectivity index (χ0) is 19.1. The fourth-order valence-electron chi connectivity index (χ4n) is 3.59. The van der Waals surface area contributed by atoms with Crippen molar-refractivity contribution in [2.75, 3.05) is 6.61 Å². The van der Waals surface area contributed by atoms with Gasteiger partial charge in [-0.25, -0.2) is 4.79 Å². The number of nitrogens with zero attached hydrogens (tertiary/aromatic N) is 2. The Morgan fingerprint density at radius 1 is 1.27 bits per heavy atom. The monoisotopic (exact) mass is 363 g/mol. The molecule has 1 N–H and O–H groups in total.